The zero-order chi connectivity index (χ0) is 8.39. The summed E-state index contributed by atoms with van der Waals surface area (Å²) in [6.45, 7) is 0. The third-order valence-corrected chi connectivity index (χ3v) is 4.16. The van der Waals surface area contributed by atoms with Gasteiger partial charge in [0.1, 0.15) is 0 Å². The van der Waals surface area contributed by atoms with E-state index >= 15 is 0 Å². The minimum atomic E-state index is 0. The number of hydrogen-bond acceptors (Lipinski definition) is 0. The zero-order valence-corrected chi connectivity index (χ0v) is 11.4. The summed E-state index contributed by atoms with van der Waals surface area (Å²) in [7, 11) is 0. The summed E-state index contributed by atoms with van der Waals surface area (Å²) in [5.74, 6) is 0. The van der Waals surface area contributed by atoms with Crippen LogP contribution in [0.3, 0.4) is 0 Å². The Balaban J connectivity index is 0.000000845. The van der Waals surface area contributed by atoms with Crippen molar-refractivity contribution in [2.24, 2.45) is 0 Å². The molecule has 0 atom stereocenters. The van der Waals surface area contributed by atoms with Crippen LogP contribution in [-0.2, 0) is 24.7 Å². The molecule has 0 spiro atoms. The summed E-state index contributed by atoms with van der Waals surface area (Å²) >= 11 is 1.63. The van der Waals surface area contributed by atoms with Crippen LogP contribution < -0.4 is 17.0 Å². The number of rotatable bonds is 2. The molecular weight excluding hydrogens is 303 g/mol. The summed E-state index contributed by atoms with van der Waals surface area (Å²) in [5, 5.41) is 0. The van der Waals surface area contributed by atoms with Crippen molar-refractivity contribution in [2.45, 2.75) is 16.5 Å². The molecular formula is C11H11BrZr. The molecule has 0 aromatic rings. The predicted molar refractivity (Wildman–Crippen MR) is 47.4 cm³/mol. The first-order valence-electron chi connectivity index (χ1n) is 4.30. The number of allylic oxidation sites excluding steroid dienone is 8. The van der Waals surface area contributed by atoms with Gasteiger partial charge < -0.3 is 17.0 Å². The van der Waals surface area contributed by atoms with E-state index in [0.717, 1.165) is 3.63 Å². The molecule has 2 heteroatoms. The van der Waals surface area contributed by atoms with E-state index in [1.54, 1.807) is 35.9 Å². The van der Waals surface area contributed by atoms with E-state index in [2.05, 4.69) is 36.5 Å². The van der Waals surface area contributed by atoms with Crippen molar-refractivity contribution in [1.82, 2.24) is 0 Å². The van der Waals surface area contributed by atoms with Gasteiger partial charge in [0.25, 0.3) is 0 Å². The summed E-state index contributed by atoms with van der Waals surface area (Å²) in [5.41, 5.74) is 3.20. The summed E-state index contributed by atoms with van der Waals surface area (Å²) in [6.07, 6.45) is 15.7. The van der Waals surface area contributed by atoms with Crippen LogP contribution in [0.15, 0.2) is 47.6 Å². The molecule has 13 heavy (non-hydrogen) atoms. The van der Waals surface area contributed by atoms with Gasteiger partial charge in [0.05, 0.1) is 0 Å². The van der Waals surface area contributed by atoms with Crippen LogP contribution >= 0.6 is 0 Å². The van der Waals surface area contributed by atoms with Gasteiger partial charge in [-0.2, -0.15) is 0 Å². The topological polar surface area (TPSA) is 0 Å². The number of hydrogen-bond donors (Lipinski definition) is 0. The Morgan fingerprint density at radius 3 is 1.77 bits per heavy atom. The Hall–Kier alpha value is 0.323. The molecule has 2 aliphatic carbocycles. The Bertz CT molecular complexity index is 267. The Labute approximate surface area is 105 Å². The molecule has 0 aromatic carbocycles. The van der Waals surface area contributed by atoms with Crippen molar-refractivity contribution in [2.75, 3.05) is 0 Å². The van der Waals surface area contributed by atoms with Gasteiger partial charge in [0.15, 0.2) is 0 Å². The SMILES string of the molecule is [Br-].[Zr+][CH](C1=CC=CC1)C1=CC=CC1. The van der Waals surface area contributed by atoms with Crippen molar-refractivity contribution >= 4 is 0 Å². The molecule has 0 saturated heterocycles. The fourth-order valence-corrected chi connectivity index (χ4v) is 2.65. The first-order valence-corrected chi connectivity index (χ1v) is 5.72. The molecule has 2 rings (SSSR count). The third kappa shape index (κ3) is 2.64. The average molecular weight is 314 g/mol. The fourth-order valence-electron chi connectivity index (χ4n) is 1.59. The second kappa shape index (κ2) is 5.27. The molecule has 66 valence electrons. The first-order chi connectivity index (χ1) is 5.88. The first kappa shape index (κ1) is 11.4. The predicted octanol–water partition coefficient (Wildman–Crippen LogP) is 0.0983. The standard InChI is InChI=1S/C11H11.BrH.Zr/c1-2-6-10(5-1)9-11-7-3-4-8-11;;/h1-5,7,9H,6,8H2;1H;/q;;+1/p-1. The molecule has 2 aliphatic rings. The van der Waals surface area contributed by atoms with Crippen LogP contribution in [0, 0.1) is 0 Å². The van der Waals surface area contributed by atoms with Gasteiger partial charge in [-0.25, -0.2) is 0 Å². The van der Waals surface area contributed by atoms with Crippen molar-refractivity contribution in [3.05, 3.63) is 47.6 Å². The molecule has 0 N–H and O–H groups in total. The fraction of sp³-hybridized carbons (Fsp3) is 0.273. The van der Waals surface area contributed by atoms with Gasteiger partial charge in [0.2, 0.25) is 0 Å². The third-order valence-electron chi connectivity index (χ3n) is 2.34. The molecule has 0 heterocycles. The summed E-state index contributed by atoms with van der Waals surface area (Å²) in [6, 6.07) is 0. The van der Waals surface area contributed by atoms with Crippen molar-refractivity contribution in [3.63, 3.8) is 0 Å². The van der Waals surface area contributed by atoms with Gasteiger partial charge in [-0.15, -0.1) is 0 Å². The molecule has 0 bridgehead atoms. The van der Waals surface area contributed by atoms with E-state index in [0.29, 0.717) is 0 Å². The van der Waals surface area contributed by atoms with E-state index < -0.39 is 0 Å². The molecule has 0 amide bonds. The molecule has 0 saturated carbocycles. The van der Waals surface area contributed by atoms with Crippen LogP contribution in [0.4, 0.5) is 0 Å². The summed E-state index contributed by atoms with van der Waals surface area (Å²) < 4.78 is 0.738. The zero-order valence-electron chi connectivity index (χ0n) is 7.33. The van der Waals surface area contributed by atoms with Gasteiger partial charge in [0, 0.05) is 0 Å². The molecule has 0 aliphatic heterocycles. The molecule has 0 unspecified atom stereocenters. The molecule has 0 aromatic heterocycles. The van der Waals surface area contributed by atoms with Crippen molar-refractivity contribution in [3.8, 4) is 0 Å². The van der Waals surface area contributed by atoms with Gasteiger partial charge in [-0.05, 0) is 0 Å². The van der Waals surface area contributed by atoms with E-state index in [-0.39, 0.29) is 17.0 Å². The minimum absolute atomic E-state index is 0. The second-order valence-corrected chi connectivity index (χ2v) is 4.60. The van der Waals surface area contributed by atoms with Crippen LogP contribution in [-0.4, -0.2) is 0 Å². The van der Waals surface area contributed by atoms with Gasteiger partial charge >= 0.3 is 88.8 Å². The average Bonchev–Trinajstić information content (AvgIpc) is 2.77. The van der Waals surface area contributed by atoms with Gasteiger partial charge in [-0.3, -0.25) is 0 Å². The molecule has 0 radical (unpaired) electrons. The Morgan fingerprint density at radius 2 is 1.46 bits per heavy atom. The van der Waals surface area contributed by atoms with E-state index in [9.17, 15) is 0 Å². The second-order valence-electron chi connectivity index (χ2n) is 3.18. The van der Waals surface area contributed by atoms with Crippen LogP contribution in [0.2, 0.25) is 3.63 Å². The van der Waals surface area contributed by atoms with Crippen molar-refractivity contribution < 1.29 is 41.7 Å². The summed E-state index contributed by atoms with van der Waals surface area (Å²) in [4.78, 5) is 0. The number of halogens is 1. The quantitative estimate of drug-likeness (QED) is 0.678. The van der Waals surface area contributed by atoms with Crippen LogP contribution in [0.1, 0.15) is 12.8 Å². The van der Waals surface area contributed by atoms with Gasteiger partial charge in [-0.1, -0.05) is 0 Å². The van der Waals surface area contributed by atoms with Crippen LogP contribution in [0.25, 0.3) is 0 Å². The van der Waals surface area contributed by atoms with Crippen LogP contribution in [0.5, 0.6) is 0 Å². The maximum absolute atomic E-state index is 2.28. The molecule has 0 nitrogen and oxygen atoms in total. The molecule has 0 fully saturated rings. The maximum atomic E-state index is 2.28. The monoisotopic (exact) mass is 312 g/mol. The van der Waals surface area contributed by atoms with E-state index in [1.807, 2.05) is 0 Å². The normalized spacial score (nSPS) is 18.8. The van der Waals surface area contributed by atoms with Crippen molar-refractivity contribution in [1.29, 1.82) is 0 Å². The Morgan fingerprint density at radius 1 is 1.00 bits per heavy atom. The van der Waals surface area contributed by atoms with E-state index in [1.165, 1.54) is 12.8 Å². The Kier molecular flexibility index (Phi) is 4.62. The van der Waals surface area contributed by atoms with E-state index in [4.69, 9.17) is 0 Å².